The molecule has 1 aliphatic rings. The number of hydrogen-bond acceptors (Lipinski definition) is 5. The molecule has 5 N–H and O–H groups in total. The third-order valence-corrected chi connectivity index (χ3v) is 3.94. The Morgan fingerprint density at radius 1 is 1.18 bits per heavy atom. The number of benzene rings is 1. The first-order valence-corrected chi connectivity index (χ1v) is 7.30. The predicted molar refractivity (Wildman–Crippen MR) is 85.5 cm³/mol. The van der Waals surface area contributed by atoms with Crippen molar-refractivity contribution in [2.75, 3.05) is 36.8 Å². The first-order valence-electron chi connectivity index (χ1n) is 7.30. The van der Waals surface area contributed by atoms with E-state index < -0.39 is 5.91 Å². The number of carbonyl (C=O) groups excluding carboxylic acids is 1. The lowest BCUT2D eigenvalue weighted by atomic mass is 10.2. The maximum absolute atomic E-state index is 11.5. The molecule has 22 heavy (non-hydrogen) atoms. The van der Waals surface area contributed by atoms with E-state index in [1.54, 1.807) is 0 Å². The number of amides is 1. The quantitative estimate of drug-likeness (QED) is 0.759. The molecule has 0 atom stereocenters. The van der Waals surface area contributed by atoms with E-state index in [1.807, 2.05) is 6.07 Å². The molecule has 1 saturated heterocycles. The van der Waals surface area contributed by atoms with Crippen molar-refractivity contribution in [3.05, 3.63) is 41.5 Å². The zero-order valence-electron chi connectivity index (χ0n) is 12.3. The number of nitrogens with one attached hydrogen (secondary N) is 1. The van der Waals surface area contributed by atoms with Crippen LogP contribution < -0.4 is 16.4 Å². The van der Waals surface area contributed by atoms with Gasteiger partial charge < -0.3 is 16.4 Å². The molecule has 2 heterocycles. The van der Waals surface area contributed by atoms with Crippen LogP contribution in [0.15, 0.2) is 30.3 Å². The fourth-order valence-corrected chi connectivity index (χ4v) is 2.78. The summed E-state index contributed by atoms with van der Waals surface area (Å²) in [4.78, 5) is 15.9. The number of rotatable bonds is 4. The van der Waals surface area contributed by atoms with Gasteiger partial charge in [0.1, 0.15) is 11.4 Å². The summed E-state index contributed by atoms with van der Waals surface area (Å²) in [6.45, 7) is 4.31. The van der Waals surface area contributed by atoms with Crippen LogP contribution in [0, 0.1) is 0 Å². The van der Waals surface area contributed by atoms with E-state index in [9.17, 15) is 4.79 Å². The summed E-state index contributed by atoms with van der Waals surface area (Å²) in [6.07, 6.45) is 0. The number of anilines is 2. The molecule has 1 fully saturated rings. The van der Waals surface area contributed by atoms with Crippen LogP contribution in [0.25, 0.3) is 0 Å². The maximum Gasteiger partial charge on any atom is 0.256 e. The first-order chi connectivity index (χ1) is 10.6. The minimum atomic E-state index is -0.548. The summed E-state index contributed by atoms with van der Waals surface area (Å²) in [5.74, 6) is 0.242. The highest BCUT2D eigenvalue weighted by Crippen LogP contribution is 2.23. The number of aromatic nitrogens is 2. The van der Waals surface area contributed by atoms with Crippen molar-refractivity contribution in [2.24, 2.45) is 5.73 Å². The van der Waals surface area contributed by atoms with Crippen molar-refractivity contribution in [1.29, 1.82) is 0 Å². The Hall–Kier alpha value is -2.54. The summed E-state index contributed by atoms with van der Waals surface area (Å²) in [6, 6.07) is 10.4. The van der Waals surface area contributed by atoms with E-state index in [1.165, 1.54) is 5.56 Å². The van der Waals surface area contributed by atoms with Gasteiger partial charge in [-0.15, -0.1) is 0 Å². The Morgan fingerprint density at radius 3 is 2.50 bits per heavy atom. The van der Waals surface area contributed by atoms with E-state index in [0.717, 1.165) is 32.7 Å². The van der Waals surface area contributed by atoms with Crippen LogP contribution >= 0.6 is 0 Å². The third kappa shape index (κ3) is 2.89. The lowest BCUT2D eigenvalue weighted by Crippen LogP contribution is -2.46. The van der Waals surface area contributed by atoms with Gasteiger partial charge in [0.15, 0.2) is 5.82 Å². The maximum atomic E-state index is 11.5. The molecule has 0 unspecified atom stereocenters. The second-order valence-electron chi connectivity index (χ2n) is 5.45. The van der Waals surface area contributed by atoms with Crippen LogP contribution in [-0.4, -0.2) is 47.2 Å². The fraction of sp³-hybridized carbons (Fsp3) is 0.333. The second kappa shape index (κ2) is 6.07. The molecule has 7 nitrogen and oxygen atoms in total. The van der Waals surface area contributed by atoms with Gasteiger partial charge in [-0.2, -0.15) is 5.10 Å². The molecule has 116 valence electrons. The number of hydrogen-bond donors (Lipinski definition) is 3. The zero-order valence-corrected chi connectivity index (χ0v) is 12.3. The smallest absolute Gasteiger partial charge is 0.256 e. The standard InChI is InChI=1S/C15H20N6O/c16-13-12(14(17)22)15(19-18-13)21-8-6-20(7-9-21)10-11-4-2-1-3-5-11/h1-5H,6-10H2,(H2,17,22)(H3,16,18,19). The molecule has 3 rings (SSSR count). The normalized spacial score (nSPS) is 15.9. The SMILES string of the molecule is NC(=O)c1c(N2CCN(Cc3ccccc3)CC2)n[nH]c1N. The van der Waals surface area contributed by atoms with Gasteiger partial charge in [-0.25, -0.2) is 0 Å². The minimum Gasteiger partial charge on any atom is -0.383 e. The summed E-state index contributed by atoms with van der Waals surface area (Å²) in [7, 11) is 0. The molecule has 1 aromatic carbocycles. The van der Waals surface area contributed by atoms with Crippen molar-refractivity contribution in [1.82, 2.24) is 15.1 Å². The lowest BCUT2D eigenvalue weighted by molar-refractivity contribution is 0.100. The van der Waals surface area contributed by atoms with Gasteiger partial charge in [0, 0.05) is 32.7 Å². The molecule has 0 spiro atoms. The summed E-state index contributed by atoms with van der Waals surface area (Å²) in [5, 5.41) is 6.76. The highest BCUT2D eigenvalue weighted by atomic mass is 16.1. The number of nitrogens with two attached hydrogens (primary N) is 2. The van der Waals surface area contributed by atoms with Crippen molar-refractivity contribution in [2.45, 2.75) is 6.54 Å². The van der Waals surface area contributed by atoms with Gasteiger partial charge in [0.25, 0.3) is 5.91 Å². The number of carbonyl (C=O) groups is 1. The van der Waals surface area contributed by atoms with Crippen LogP contribution in [0.4, 0.5) is 11.6 Å². The van der Waals surface area contributed by atoms with Crippen LogP contribution in [0.5, 0.6) is 0 Å². The molecular weight excluding hydrogens is 280 g/mol. The number of H-pyrrole nitrogens is 1. The first kappa shape index (κ1) is 14.4. The minimum absolute atomic E-state index is 0.231. The molecule has 0 aliphatic carbocycles. The van der Waals surface area contributed by atoms with Gasteiger partial charge in [-0.1, -0.05) is 30.3 Å². The topological polar surface area (TPSA) is 104 Å². The van der Waals surface area contributed by atoms with Crippen molar-refractivity contribution in [3.8, 4) is 0 Å². The highest BCUT2D eigenvalue weighted by molar-refractivity contribution is 6.02. The van der Waals surface area contributed by atoms with Crippen molar-refractivity contribution < 1.29 is 4.79 Å². The Bertz CT molecular complexity index is 645. The average molecular weight is 300 g/mol. The molecule has 1 amide bonds. The van der Waals surface area contributed by atoms with E-state index >= 15 is 0 Å². The van der Waals surface area contributed by atoms with E-state index in [-0.39, 0.29) is 11.4 Å². The van der Waals surface area contributed by atoms with Crippen LogP contribution in [-0.2, 0) is 6.54 Å². The Morgan fingerprint density at radius 2 is 1.86 bits per heavy atom. The number of piperazine rings is 1. The molecule has 7 heteroatoms. The van der Waals surface area contributed by atoms with Gasteiger partial charge in [0.05, 0.1) is 0 Å². The summed E-state index contributed by atoms with van der Waals surface area (Å²) in [5.41, 5.74) is 12.7. The molecule has 2 aromatic rings. The molecule has 1 aliphatic heterocycles. The van der Waals surface area contributed by atoms with E-state index in [2.05, 4.69) is 44.3 Å². The van der Waals surface area contributed by atoms with Crippen LogP contribution in [0.3, 0.4) is 0 Å². The van der Waals surface area contributed by atoms with E-state index in [4.69, 9.17) is 11.5 Å². The van der Waals surface area contributed by atoms with E-state index in [0.29, 0.717) is 5.82 Å². The van der Waals surface area contributed by atoms with Gasteiger partial charge in [0.2, 0.25) is 0 Å². The monoisotopic (exact) mass is 300 g/mol. The highest BCUT2D eigenvalue weighted by Gasteiger charge is 2.25. The van der Waals surface area contributed by atoms with Crippen molar-refractivity contribution >= 4 is 17.5 Å². The number of nitrogen functional groups attached to an aromatic ring is 1. The van der Waals surface area contributed by atoms with Gasteiger partial charge in [-0.05, 0) is 5.56 Å². The van der Waals surface area contributed by atoms with Crippen molar-refractivity contribution in [3.63, 3.8) is 0 Å². The average Bonchev–Trinajstić information content (AvgIpc) is 2.91. The fourth-order valence-electron chi connectivity index (χ4n) is 2.78. The molecule has 0 bridgehead atoms. The second-order valence-corrected chi connectivity index (χ2v) is 5.45. The summed E-state index contributed by atoms with van der Waals surface area (Å²) < 4.78 is 0. The zero-order chi connectivity index (χ0) is 15.5. The Kier molecular flexibility index (Phi) is 3.97. The van der Waals surface area contributed by atoms with Crippen LogP contribution in [0.2, 0.25) is 0 Å². The van der Waals surface area contributed by atoms with Crippen LogP contribution in [0.1, 0.15) is 15.9 Å². The Balaban J connectivity index is 1.64. The predicted octanol–water partition coefficient (Wildman–Crippen LogP) is 0.413. The molecule has 0 saturated carbocycles. The largest absolute Gasteiger partial charge is 0.383 e. The molecule has 0 radical (unpaired) electrons. The van der Waals surface area contributed by atoms with Gasteiger partial charge in [-0.3, -0.25) is 14.8 Å². The molecule has 1 aromatic heterocycles. The third-order valence-electron chi connectivity index (χ3n) is 3.94. The Labute approximate surface area is 128 Å². The number of primary amides is 1. The number of aromatic amines is 1. The molecular formula is C15H20N6O. The summed E-state index contributed by atoms with van der Waals surface area (Å²) >= 11 is 0. The number of nitrogens with zero attached hydrogens (tertiary/aromatic N) is 3. The lowest BCUT2D eigenvalue weighted by Gasteiger charge is -2.35. The van der Waals surface area contributed by atoms with Gasteiger partial charge >= 0.3 is 0 Å².